The summed E-state index contributed by atoms with van der Waals surface area (Å²) in [6.45, 7) is 5.88. The fraction of sp³-hybridized carbons (Fsp3) is 0.750. The minimum atomic E-state index is 0.323. The second-order valence-corrected chi connectivity index (χ2v) is 4.46. The Morgan fingerprint density at radius 1 is 1.40 bits per heavy atom. The Labute approximate surface area is 91.5 Å². The minimum absolute atomic E-state index is 0.323. The van der Waals surface area contributed by atoms with Crippen LogP contribution in [-0.2, 0) is 24.1 Å². The summed E-state index contributed by atoms with van der Waals surface area (Å²) in [7, 11) is 0. The highest BCUT2D eigenvalue weighted by Crippen LogP contribution is 2.19. The number of hydrogen-bond donors (Lipinski definition) is 0. The number of nitrogens with zero attached hydrogens (tertiary/aromatic N) is 2. The van der Waals surface area contributed by atoms with E-state index in [1.54, 1.807) is 0 Å². The normalized spacial score (nSPS) is 15.7. The molecule has 0 N–H and O–H groups in total. The summed E-state index contributed by atoms with van der Waals surface area (Å²) in [6, 6.07) is 0. The summed E-state index contributed by atoms with van der Waals surface area (Å²) in [5.74, 6) is 0. The fourth-order valence-electron chi connectivity index (χ4n) is 2.11. The van der Waals surface area contributed by atoms with Crippen LogP contribution in [0.4, 0.5) is 0 Å². The second-order valence-electron chi connectivity index (χ2n) is 4.46. The van der Waals surface area contributed by atoms with Crippen LogP contribution in [0.15, 0.2) is 6.33 Å². The quantitative estimate of drug-likeness (QED) is 0.758. The molecule has 0 radical (unpaired) electrons. The third kappa shape index (κ3) is 2.59. The SMILES string of the molecule is CC(C)OCCn1cnc2c1CCCC2. The van der Waals surface area contributed by atoms with E-state index in [4.69, 9.17) is 4.74 Å². The van der Waals surface area contributed by atoms with Gasteiger partial charge in [-0.1, -0.05) is 0 Å². The molecule has 2 rings (SSSR count). The predicted molar refractivity (Wildman–Crippen MR) is 60.0 cm³/mol. The zero-order chi connectivity index (χ0) is 10.7. The van der Waals surface area contributed by atoms with E-state index in [0.29, 0.717) is 6.10 Å². The van der Waals surface area contributed by atoms with E-state index in [0.717, 1.165) is 19.6 Å². The molecule has 1 aliphatic carbocycles. The van der Waals surface area contributed by atoms with Gasteiger partial charge in [-0.05, 0) is 39.5 Å². The zero-order valence-electron chi connectivity index (χ0n) is 9.70. The molecular weight excluding hydrogens is 188 g/mol. The Bertz CT molecular complexity index is 317. The van der Waals surface area contributed by atoms with E-state index < -0.39 is 0 Å². The lowest BCUT2D eigenvalue weighted by atomic mass is 10.0. The molecule has 0 amide bonds. The van der Waals surface area contributed by atoms with Gasteiger partial charge in [-0.15, -0.1) is 0 Å². The van der Waals surface area contributed by atoms with Crippen molar-refractivity contribution in [3.63, 3.8) is 0 Å². The minimum Gasteiger partial charge on any atom is -0.377 e. The number of fused-ring (bicyclic) bond motifs is 1. The van der Waals surface area contributed by atoms with E-state index >= 15 is 0 Å². The molecule has 0 saturated carbocycles. The molecule has 0 saturated heterocycles. The summed E-state index contributed by atoms with van der Waals surface area (Å²) in [6.07, 6.45) is 7.25. The van der Waals surface area contributed by atoms with E-state index in [1.165, 1.54) is 30.7 Å². The average molecular weight is 208 g/mol. The third-order valence-corrected chi connectivity index (χ3v) is 2.89. The first kappa shape index (κ1) is 10.7. The van der Waals surface area contributed by atoms with Crippen LogP contribution in [0.1, 0.15) is 38.1 Å². The Morgan fingerprint density at radius 2 is 2.20 bits per heavy atom. The lowest BCUT2D eigenvalue weighted by molar-refractivity contribution is 0.0723. The lowest BCUT2D eigenvalue weighted by Crippen LogP contribution is -2.13. The van der Waals surface area contributed by atoms with Gasteiger partial charge in [0.2, 0.25) is 0 Å². The van der Waals surface area contributed by atoms with Gasteiger partial charge in [-0.2, -0.15) is 0 Å². The number of hydrogen-bond acceptors (Lipinski definition) is 2. The van der Waals surface area contributed by atoms with Crippen LogP contribution in [0.2, 0.25) is 0 Å². The largest absolute Gasteiger partial charge is 0.377 e. The molecule has 0 spiro atoms. The summed E-state index contributed by atoms with van der Waals surface area (Å²) >= 11 is 0. The lowest BCUT2D eigenvalue weighted by Gasteiger charge is -2.14. The summed E-state index contributed by atoms with van der Waals surface area (Å²) in [5, 5.41) is 0. The maximum atomic E-state index is 5.56. The Morgan fingerprint density at radius 3 is 3.00 bits per heavy atom. The number of aromatic nitrogens is 2. The van der Waals surface area contributed by atoms with Crippen LogP contribution in [0, 0.1) is 0 Å². The molecule has 3 nitrogen and oxygen atoms in total. The van der Waals surface area contributed by atoms with Gasteiger partial charge in [0.15, 0.2) is 0 Å². The Kier molecular flexibility index (Phi) is 3.41. The van der Waals surface area contributed by atoms with E-state index in [1.807, 2.05) is 6.33 Å². The van der Waals surface area contributed by atoms with Crippen LogP contribution < -0.4 is 0 Å². The second kappa shape index (κ2) is 4.79. The molecule has 3 heteroatoms. The fourth-order valence-corrected chi connectivity index (χ4v) is 2.11. The number of rotatable bonds is 4. The molecule has 1 aliphatic rings. The Balaban J connectivity index is 1.94. The molecule has 1 heterocycles. The maximum Gasteiger partial charge on any atom is 0.0952 e. The van der Waals surface area contributed by atoms with E-state index in [2.05, 4.69) is 23.4 Å². The van der Waals surface area contributed by atoms with Gasteiger partial charge in [-0.25, -0.2) is 4.98 Å². The number of imidazole rings is 1. The molecule has 0 aromatic carbocycles. The zero-order valence-corrected chi connectivity index (χ0v) is 9.70. The number of aryl methyl sites for hydroxylation is 1. The van der Waals surface area contributed by atoms with Gasteiger partial charge >= 0.3 is 0 Å². The van der Waals surface area contributed by atoms with Gasteiger partial charge in [0.05, 0.1) is 24.7 Å². The summed E-state index contributed by atoms with van der Waals surface area (Å²) in [5.41, 5.74) is 2.75. The smallest absolute Gasteiger partial charge is 0.0952 e. The maximum absolute atomic E-state index is 5.56. The van der Waals surface area contributed by atoms with Crippen LogP contribution in [0.5, 0.6) is 0 Å². The molecule has 84 valence electrons. The highest BCUT2D eigenvalue weighted by atomic mass is 16.5. The first-order chi connectivity index (χ1) is 7.27. The van der Waals surface area contributed by atoms with Gasteiger partial charge < -0.3 is 9.30 Å². The van der Waals surface area contributed by atoms with Crippen LogP contribution >= 0.6 is 0 Å². The summed E-state index contributed by atoms with van der Waals surface area (Å²) < 4.78 is 7.82. The molecule has 0 fully saturated rings. The summed E-state index contributed by atoms with van der Waals surface area (Å²) in [4.78, 5) is 4.46. The molecular formula is C12H20N2O. The van der Waals surface area contributed by atoms with Crippen molar-refractivity contribution in [2.24, 2.45) is 0 Å². The van der Waals surface area contributed by atoms with Crippen LogP contribution in [0.25, 0.3) is 0 Å². The van der Waals surface area contributed by atoms with Crippen LogP contribution in [0.3, 0.4) is 0 Å². The van der Waals surface area contributed by atoms with Crippen molar-refractivity contribution in [3.8, 4) is 0 Å². The first-order valence-electron chi connectivity index (χ1n) is 5.92. The number of ether oxygens (including phenoxy) is 1. The first-order valence-corrected chi connectivity index (χ1v) is 5.92. The van der Waals surface area contributed by atoms with Crippen molar-refractivity contribution in [1.82, 2.24) is 9.55 Å². The van der Waals surface area contributed by atoms with Crippen molar-refractivity contribution in [1.29, 1.82) is 0 Å². The molecule has 0 unspecified atom stereocenters. The van der Waals surface area contributed by atoms with Crippen molar-refractivity contribution in [2.45, 2.75) is 52.2 Å². The highest BCUT2D eigenvalue weighted by molar-refractivity contribution is 5.16. The standard InChI is InChI=1S/C12H20N2O/c1-10(2)15-8-7-14-9-13-11-5-3-4-6-12(11)14/h9-10H,3-8H2,1-2H3. The Hall–Kier alpha value is -0.830. The van der Waals surface area contributed by atoms with Crippen molar-refractivity contribution in [3.05, 3.63) is 17.7 Å². The predicted octanol–water partition coefficient (Wildman–Crippen LogP) is 2.19. The van der Waals surface area contributed by atoms with E-state index in [-0.39, 0.29) is 0 Å². The topological polar surface area (TPSA) is 27.1 Å². The molecule has 1 aromatic heterocycles. The highest BCUT2D eigenvalue weighted by Gasteiger charge is 2.14. The van der Waals surface area contributed by atoms with Crippen molar-refractivity contribution < 1.29 is 4.74 Å². The van der Waals surface area contributed by atoms with Gasteiger partial charge in [0.1, 0.15) is 0 Å². The van der Waals surface area contributed by atoms with Crippen LogP contribution in [-0.4, -0.2) is 22.3 Å². The molecule has 15 heavy (non-hydrogen) atoms. The van der Waals surface area contributed by atoms with Gasteiger partial charge in [-0.3, -0.25) is 0 Å². The average Bonchev–Trinajstić information content (AvgIpc) is 2.62. The van der Waals surface area contributed by atoms with Crippen molar-refractivity contribution >= 4 is 0 Å². The van der Waals surface area contributed by atoms with E-state index in [9.17, 15) is 0 Å². The molecule has 0 atom stereocenters. The molecule has 0 aliphatic heterocycles. The van der Waals surface area contributed by atoms with Crippen molar-refractivity contribution in [2.75, 3.05) is 6.61 Å². The molecule has 1 aromatic rings. The third-order valence-electron chi connectivity index (χ3n) is 2.89. The van der Waals surface area contributed by atoms with Gasteiger partial charge in [0, 0.05) is 12.2 Å². The van der Waals surface area contributed by atoms with Gasteiger partial charge in [0.25, 0.3) is 0 Å². The monoisotopic (exact) mass is 208 g/mol. The molecule has 0 bridgehead atoms.